The number of nitrogen functional groups attached to an aromatic ring is 1. The summed E-state index contributed by atoms with van der Waals surface area (Å²) in [5.41, 5.74) is 8.68. The van der Waals surface area contributed by atoms with Crippen LogP contribution >= 0.6 is 0 Å². The predicted molar refractivity (Wildman–Crippen MR) is 74.4 cm³/mol. The van der Waals surface area contributed by atoms with Crippen LogP contribution in [0, 0.1) is 0 Å². The van der Waals surface area contributed by atoms with Crippen LogP contribution in [0.15, 0.2) is 24.3 Å². The maximum atomic E-state index is 5.97. The lowest BCUT2D eigenvalue weighted by Gasteiger charge is -2.00. The first-order valence-corrected chi connectivity index (χ1v) is 6.32. The molecule has 0 atom stereocenters. The second kappa shape index (κ2) is 4.29. The van der Waals surface area contributed by atoms with Crippen molar-refractivity contribution in [3.05, 3.63) is 30.1 Å². The van der Waals surface area contributed by atoms with Gasteiger partial charge in [-0.2, -0.15) is 0 Å². The Balaban J connectivity index is 2.24. The fourth-order valence-electron chi connectivity index (χ4n) is 2.23. The molecule has 2 heterocycles. The Morgan fingerprint density at radius 1 is 1.22 bits per heavy atom. The molecule has 2 aromatic heterocycles. The molecule has 4 nitrogen and oxygen atoms in total. The molecule has 0 saturated carbocycles. The lowest BCUT2D eigenvalue weighted by atomic mass is 10.2. The first-order chi connectivity index (χ1) is 8.79. The van der Waals surface area contributed by atoms with Gasteiger partial charge >= 0.3 is 0 Å². The molecule has 3 aromatic rings. The van der Waals surface area contributed by atoms with Crippen molar-refractivity contribution in [3.63, 3.8) is 0 Å². The molecule has 18 heavy (non-hydrogen) atoms. The highest BCUT2D eigenvalue weighted by molar-refractivity contribution is 6.05. The van der Waals surface area contributed by atoms with Crippen molar-refractivity contribution < 1.29 is 0 Å². The first-order valence-electron chi connectivity index (χ1n) is 6.32. The molecule has 0 amide bonds. The number of unbranched alkanes of at least 4 members (excludes halogenated alkanes) is 1. The molecule has 3 rings (SSSR count). The van der Waals surface area contributed by atoms with Crippen molar-refractivity contribution in [2.45, 2.75) is 26.2 Å². The number of imidazole rings is 1. The molecular weight excluding hydrogens is 224 g/mol. The number of anilines is 1. The fourth-order valence-corrected chi connectivity index (χ4v) is 2.23. The summed E-state index contributed by atoms with van der Waals surface area (Å²) in [7, 11) is 0. The van der Waals surface area contributed by atoms with Crippen molar-refractivity contribution >= 4 is 27.8 Å². The van der Waals surface area contributed by atoms with E-state index in [1.165, 1.54) is 0 Å². The summed E-state index contributed by atoms with van der Waals surface area (Å²) in [6.07, 6.45) is 3.25. The zero-order valence-corrected chi connectivity index (χ0v) is 10.4. The summed E-state index contributed by atoms with van der Waals surface area (Å²) >= 11 is 0. The summed E-state index contributed by atoms with van der Waals surface area (Å²) in [6.45, 7) is 2.17. The highest BCUT2D eigenvalue weighted by Crippen LogP contribution is 2.26. The molecule has 1 aromatic carbocycles. The lowest BCUT2D eigenvalue weighted by Crippen LogP contribution is -1.92. The number of benzene rings is 1. The van der Waals surface area contributed by atoms with Crippen LogP contribution in [0.25, 0.3) is 21.9 Å². The molecule has 0 spiro atoms. The molecule has 0 saturated heterocycles. The second-order valence-corrected chi connectivity index (χ2v) is 4.52. The number of hydrogen-bond acceptors (Lipinski definition) is 3. The van der Waals surface area contributed by atoms with E-state index < -0.39 is 0 Å². The van der Waals surface area contributed by atoms with E-state index in [-0.39, 0.29) is 0 Å². The van der Waals surface area contributed by atoms with E-state index in [4.69, 9.17) is 5.73 Å². The molecule has 0 aliphatic rings. The monoisotopic (exact) mass is 240 g/mol. The number of aromatic nitrogens is 3. The first kappa shape index (κ1) is 11.0. The standard InChI is InChI=1S/C14H16N4/c1-2-3-8-11-17-12-9-6-4-5-7-10(9)16-14(15)13(12)18-11/h4-7H,2-3,8H2,1H3,(H2,15,16)(H,17,18). The van der Waals surface area contributed by atoms with E-state index in [2.05, 4.69) is 21.9 Å². The van der Waals surface area contributed by atoms with Gasteiger partial charge in [0.1, 0.15) is 11.3 Å². The number of nitrogens with two attached hydrogens (primary N) is 1. The number of aromatic amines is 1. The molecule has 4 heteroatoms. The van der Waals surface area contributed by atoms with Crippen LogP contribution in [0.5, 0.6) is 0 Å². The van der Waals surface area contributed by atoms with Gasteiger partial charge in [-0.1, -0.05) is 31.5 Å². The predicted octanol–water partition coefficient (Wildman–Crippen LogP) is 3.04. The summed E-state index contributed by atoms with van der Waals surface area (Å²) in [5, 5.41) is 1.08. The Bertz CT molecular complexity index is 699. The second-order valence-electron chi connectivity index (χ2n) is 4.52. The Morgan fingerprint density at radius 2 is 2.06 bits per heavy atom. The van der Waals surface area contributed by atoms with E-state index in [1.54, 1.807) is 0 Å². The smallest absolute Gasteiger partial charge is 0.152 e. The third-order valence-electron chi connectivity index (χ3n) is 3.18. The van der Waals surface area contributed by atoms with Gasteiger partial charge in [-0.05, 0) is 12.5 Å². The number of para-hydroxylation sites is 1. The SMILES string of the molecule is CCCCc1nc2c(N)nc3ccccc3c2[nH]1. The zero-order chi connectivity index (χ0) is 12.5. The molecule has 0 aliphatic carbocycles. The van der Waals surface area contributed by atoms with E-state index in [0.29, 0.717) is 5.82 Å². The van der Waals surface area contributed by atoms with Gasteiger partial charge in [0.15, 0.2) is 5.82 Å². The number of aryl methyl sites for hydroxylation is 1. The number of nitrogens with one attached hydrogen (secondary N) is 1. The molecule has 0 aliphatic heterocycles. The minimum absolute atomic E-state index is 0.502. The molecule has 0 fully saturated rings. The third kappa shape index (κ3) is 1.70. The van der Waals surface area contributed by atoms with Gasteiger partial charge in [-0.25, -0.2) is 9.97 Å². The zero-order valence-electron chi connectivity index (χ0n) is 10.4. The number of pyridine rings is 1. The van der Waals surface area contributed by atoms with E-state index in [1.807, 2.05) is 24.3 Å². The lowest BCUT2D eigenvalue weighted by molar-refractivity contribution is 0.765. The Labute approximate surface area is 105 Å². The quantitative estimate of drug-likeness (QED) is 0.739. The molecule has 0 radical (unpaired) electrons. The maximum absolute atomic E-state index is 5.97. The highest BCUT2D eigenvalue weighted by atomic mass is 15.0. The average Bonchev–Trinajstić information content (AvgIpc) is 2.81. The maximum Gasteiger partial charge on any atom is 0.152 e. The highest BCUT2D eigenvalue weighted by Gasteiger charge is 2.10. The van der Waals surface area contributed by atoms with Crippen LogP contribution in [0.1, 0.15) is 25.6 Å². The summed E-state index contributed by atoms with van der Waals surface area (Å²) in [5.74, 6) is 1.50. The summed E-state index contributed by atoms with van der Waals surface area (Å²) in [4.78, 5) is 12.3. The molecule has 0 unspecified atom stereocenters. The summed E-state index contributed by atoms with van der Waals surface area (Å²) < 4.78 is 0. The topological polar surface area (TPSA) is 67.6 Å². The van der Waals surface area contributed by atoms with E-state index >= 15 is 0 Å². The van der Waals surface area contributed by atoms with Crippen LogP contribution in [-0.2, 0) is 6.42 Å². The Hall–Kier alpha value is -2.10. The van der Waals surface area contributed by atoms with Gasteiger partial charge in [0.05, 0.1) is 11.0 Å². The fraction of sp³-hybridized carbons (Fsp3) is 0.286. The van der Waals surface area contributed by atoms with E-state index in [0.717, 1.165) is 47.0 Å². The van der Waals surface area contributed by atoms with Crippen molar-refractivity contribution in [1.82, 2.24) is 15.0 Å². The van der Waals surface area contributed by atoms with Gasteiger partial charge < -0.3 is 10.7 Å². The van der Waals surface area contributed by atoms with Gasteiger partial charge in [-0.15, -0.1) is 0 Å². The van der Waals surface area contributed by atoms with Crippen molar-refractivity contribution in [3.8, 4) is 0 Å². The molecule has 3 N–H and O–H groups in total. The van der Waals surface area contributed by atoms with Crippen LogP contribution < -0.4 is 5.73 Å². The largest absolute Gasteiger partial charge is 0.382 e. The van der Waals surface area contributed by atoms with Crippen LogP contribution in [0.4, 0.5) is 5.82 Å². The third-order valence-corrected chi connectivity index (χ3v) is 3.18. The average molecular weight is 240 g/mol. The molecular formula is C14H16N4. The van der Waals surface area contributed by atoms with E-state index in [9.17, 15) is 0 Å². The van der Waals surface area contributed by atoms with Crippen LogP contribution in [0.3, 0.4) is 0 Å². The van der Waals surface area contributed by atoms with Crippen molar-refractivity contribution in [2.75, 3.05) is 5.73 Å². The normalized spacial score (nSPS) is 11.4. The number of nitrogens with zero attached hydrogens (tertiary/aromatic N) is 2. The number of hydrogen-bond donors (Lipinski definition) is 2. The van der Waals surface area contributed by atoms with Crippen LogP contribution in [-0.4, -0.2) is 15.0 Å². The molecule has 92 valence electrons. The minimum Gasteiger partial charge on any atom is -0.382 e. The Morgan fingerprint density at radius 3 is 2.89 bits per heavy atom. The van der Waals surface area contributed by atoms with Gasteiger partial charge in [0.25, 0.3) is 0 Å². The Kier molecular flexibility index (Phi) is 2.63. The number of fused-ring (bicyclic) bond motifs is 3. The van der Waals surface area contributed by atoms with Crippen LogP contribution in [0.2, 0.25) is 0 Å². The summed E-state index contributed by atoms with van der Waals surface area (Å²) in [6, 6.07) is 7.99. The van der Waals surface area contributed by atoms with Gasteiger partial charge in [0.2, 0.25) is 0 Å². The van der Waals surface area contributed by atoms with Crippen molar-refractivity contribution in [2.24, 2.45) is 0 Å². The van der Waals surface area contributed by atoms with Gasteiger partial charge in [-0.3, -0.25) is 0 Å². The number of rotatable bonds is 3. The molecule has 0 bridgehead atoms. The number of H-pyrrole nitrogens is 1. The van der Waals surface area contributed by atoms with Crippen molar-refractivity contribution in [1.29, 1.82) is 0 Å². The van der Waals surface area contributed by atoms with Gasteiger partial charge in [0, 0.05) is 11.8 Å². The minimum atomic E-state index is 0.502.